The predicted octanol–water partition coefficient (Wildman–Crippen LogP) is 2.68. The first-order valence-corrected chi connectivity index (χ1v) is 6.75. The lowest BCUT2D eigenvalue weighted by molar-refractivity contribution is -0.402. The predicted molar refractivity (Wildman–Crippen MR) is 76.4 cm³/mol. The summed E-state index contributed by atoms with van der Waals surface area (Å²) in [5.41, 5.74) is 1.58. The van der Waals surface area contributed by atoms with Gasteiger partial charge >= 0.3 is 5.91 Å². The van der Waals surface area contributed by atoms with Crippen LogP contribution in [0.5, 0.6) is 0 Å². The molecule has 0 aliphatic heterocycles. The molecule has 0 rings (SSSR count). The second kappa shape index (κ2) is 9.01. The molecule has 6 nitrogen and oxygen atoms in total. The normalized spacial score (nSPS) is 12.2. The molecule has 0 radical (unpaired) electrons. The quantitative estimate of drug-likeness (QED) is 0.408. The maximum absolute atomic E-state index is 12.0. The third-order valence-corrected chi connectivity index (χ3v) is 2.88. The molecule has 0 aliphatic carbocycles. The highest BCUT2D eigenvalue weighted by Gasteiger charge is 2.26. The Labute approximate surface area is 119 Å². The number of hydrogen-bond donors (Lipinski definition) is 0. The minimum Gasteiger partial charge on any atom is -0.301 e. The van der Waals surface area contributed by atoms with E-state index in [0.717, 1.165) is 5.57 Å². The second-order valence-corrected chi connectivity index (χ2v) is 4.16. The van der Waals surface area contributed by atoms with Gasteiger partial charge in [-0.2, -0.15) is 0 Å². The fraction of sp³-hybridized carbons (Fsp3) is 0.571. The van der Waals surface area contributed by atoms with Crippen molar-refractivity contribution in [3.05, 3.63) is 33.5 Å². The van der Waals surface area contributed by atoms with Gasteiger partial charge in [0.05, 0.1) is 0 Å². The highest BCUT2D eigenvalue weighted by molar-refractivity contribution is 5.83. The van der Waals surface area contributed by atoms with E-state index >= 15 is 0 Å². The summed E-state index contributed by atoms with van der Waals surface area (Å²) in [4.78, 5) is 34.1. The summed E-state index contributed by atoms with van der Waals surface area (Å²) >= 11 is 0. The van der Waals surface area contributed by atoms with Crippen LogP contribution in [0, 0.1) is 10.1 Å². The molecule has 0 saturated heterocycles. The van der Waals surface area contributed by atoms with Gasteiger partial charge in [-0.05, 0) is 25.3 Å². The zero-order valence-corrected chi connectivity index (χ0v) is 12.5. The van der Waals surface area contributed by atoms with Crippen LogP contribution >= 0.6 is 0 Å². The van der Waals surface area contributed by atoms with Gasteiger partial charge in [0.2, 0.25) is 5.91 Å². The van der Waals surface area contributed by atoms with E-state index in [1.807, 2.05) is 32.9 Å². The Morgan fingerprint density at radius 1 is 1.15 bits per heavy atom. The average Bonchev–Trinajstić information content (AvgIpc) is 2.44. The molecule has 20 heavy (non-hydrogen) atoms. The summed E-state index contributed by atoms with van der Waals surface area (Å²) in [5, 5.41) is 10.5. The number of nitrogens with zero attached hydrogens (tertiary/aromatic N) is 2. The summed E-state index contributed by atoms with van der Waals surface area (Å²) in [6, 6.07) is 0. The van der Waals surface area contributed by atoms with Gasteiger partial charge in [-0.3, -0.25) is 14.9 Å². The molecule has 0 bridgehead atoms. The summed E-state index contributed by atoms with van der Waals surface area (Å²) in [6.45, 7) is 6.82. The summed E-state index contributed by atoms with van der Waals surface area (Å²) in [5.74, 6) is -1.46. The van der Waals surface area contributed by atoms with Gasteiger partial charge in [0.15, 0.2) is 6.54 Å². The van der Waals surface area contributed by atoms with Crippen LogP contribution in [0.15, 0.2) is 23.4 Å². The Balaban J connectivity index is 5.63. The van der Waals surface area contributed by atoms with Gasteiger partial charge < -0.3 is 4.90 Å². The van der Waals surface area contributed by atoms with E-state index in [2.05, 4.69) is 0 Å². The van der Waals surface area contributed by atoms with Crippen LogP contribution in [0.25, 0.3) is 0 Å². The lowest BCUT2D eigenvalue weighted by atomic mass is 10.1. The number of nitro groups is 1. The molecule has 0 unspecified atom stereocenters. The van der Waals surface area contributed by atoms with E-state index in [0.29, 0.717) is 18.5 Å². The molecule has 0 saturated carbocycles. The average molecular weight is 282 g/mol. The smallest absolute Gasteiger partial charge is 0.301 e. The van der Waals surface area contributed by atoms with Crippen LogP contribution in [0.4, 0.5) is 0 Å². The van der Waals surface area contributed by atoms with Crippen LogP contribution in [-0.2, 0) is 9.59 Å². The lowest BCUT2D eigenvalue weighted by Crippen LogP contribution is -2.37. The highest BCUT2D eigenvalue weighted by Crippen LogP contribution is 2.19. The lowest BCUT2D eigenvalue weighted by Gasteiger charge is -2.24. The number of rotatable bonds is 7. The van der Waals surface area contributed by atoms with Crippen LogP contribution in [0.2, 0.25) is 0 Å². The molecule has 0 aromatic heterocycles. The van der Waals surface area contributed by atoms with Gasteiger partial charge in [-0.1, -0.05) is 32.9 Å². The molecule has 0 fully saturated rings. The third-order valence-electron chi connectivity index (χ3n) is 2.88. The van der Waals surface area contributed by atoms with Crippen molar-refractivity contribution in [2.75, 3.05) is 6.54 Å². The van der Waals surface area contributed by atoms with Crippen molar-refractivity contribution in [1.82, 2.24) is 4.90 Å². The molecular formula is C14H22N2O4. The summed E-state index contributed by atoms with van der Waals surface area (Å²) in [7, 11) is 0. The van der Waals surface area contributed by atoms with Gasteiger partial charge in [0.25, 0.3) is 0 Å². The SMILES string of the molecule is C/C=C\C(CC)=C(/CC)N(CC(=O)[N+](=O)[O-])C(=O)CC. The number of carbonyl (C=O) groups excluding carboxylic acids is 2. The van der Waals surface area contributed by atoms with Crippen LogP contribution in [0.3, 0.4) is 0 Å². The van der Waals surface area contributed by atoms with Crippen molar-refractivity contribution < 1.29 is 14.5 Å². The Morgan fingerprint density at radius 2 is 1.75 bits per heavy atom. The van der Waals surface area contributed by atoms with Gasteiger partial charge in [0, 0.05) is 12.1 Å². The zero-order valence-electron chi connectivity index (χ0n) is 12.5. The van der Waals surface area contributed by atoms with Crippen molar-refractivity contribution in [2.45, 2.75) is 47.0 Å². The van der Waals surface area contributed by atoms with E-state index in [1.54, 1.807) is 6.92 Å². The molecule has 0 atom stereocenters. The standard InChI is InChI=1S/C14H22N2O4/c1-5-9-11(6-2)12(7-3)15(13(17)8-4)10-14(18)16(19)20/h5,9H,6-8,10H2,1-4H3/b9-5-,12-11+. The van der Waals surface area contributed by atoms with Crippen molar-refractivity contribution in [3.63, 3.8) is 0 Å². The van der Waals surface area contributed by atoms with Crippen molar-refractivity contribution >= 4 is 11.8 Å². The molecule has 112 valence electrons. The topological polar surface area (TPSA) is 80.5 Å². The zero-order chi connectivity index (χ0) is 15.7. The molecule has 0 heterocycles. The van der Waals surface area contributed by atoms with E-state index < -0.39 is 17.4 Å². The van der Waals surface area contributed by atoms with Crippen LogP contribution in [0.1, 0.15) is 47.0 Å². The number of hydrogen-bond acceptors (Lipinski definition) is 4. The number of amides is 2. The molecule has 2 amide bonds. The van der Waals surface area contributed by atoms with E-state index in [9.17, 15) is 19.7 Å². The van der Waals surface area contributed by atoms with E-state index in [1.165, 1.54) is 4.90 Å². The fourth-order valence-electron chi connectivity index (χ4n) is 1.93. The van der Waals surface area contributed by atoms with Crippen molar-refractivity contribution in [3.8, 4) is 0 Å². The van der Waals surface area contributed by atoms with E-state index in [4.69, 9.17) is 0 Å². The molecular weight excluding hydrogens is 260 g/mol. The number of allylic oxidation sites excluding steroid dienone is 4. The summed E-state index contributed by atoms with van der Waals surface area (Å²) in [6.07, 6.45) is 5.13. The van der Waals surface area contributed by atoms with E-state index in [-0.39, 0.29) is 12.3 Å². The first kappa shape index (κ1) is 18.0. The first-order chi connectivity index (χ1) is 9.42. The van der Waals surface area contributed by atoms with Crippen molar-refractivity contribution in [1.29, 1.82) is 0 Å². The minimum absolute atomic E-state index is 0.196. The third kappa shape index (κ3) is 4.95. The Bertz CT molecular complexity index is 438. The molecule has 0 spiro atoms. The summed E-state index contributed by atoms with van der Waals surface area (Å²) < 4.78 is 0. The Hall–Kier alpha value is -1.98. The van der Waals surface area contributed by atoms with Crippen LogP contribution < -0.4 is 0 Å². The van der Waals surface area contributed by atoms with Crippen LogP contribution in [-0.4, -0.2) is 28.2 Å². The number of carbonyl (C=O) groups is 2. The van der Waals surface area contributed by atoms with Crippen molar-refractivity contribution in [2.24, 2.45) is 0 Å². The highest BCUT2D eigenvalue weighted by atomic mass is 16.6. The molecule has 0 aromatic rings. The minimum atomic E-state index is -1.17. The maximum atomic E-state index is 12.0. The van der Waals surface area contributed by atoms with Gasteiger partial charge in [0.1, 0.15) is 4.92 Å². The molecule has 6 heteroatoms. The Kier molecular flexibility index (Phi) is 8.12. The maximum Gasteiger partial charge on any atom is 0.464 e. The fourth-order valence-corrected chi connectivity index (χ4v) is 1.93. The monoisotopic (exact) mass is 282 g/mol. The molecule has 0 aliphatic rings. The molecule has 0 N–H and O–H groups in total. The largest absolute Gasteiger partial charge is 0.464 e. The Morgan fingerprint density at radius 3 is 2.10 bits per heavy atom. The second-order valence-electron chi connectivity index (χ2n) is 4.16. The van der Waals surface area contributed by atoms with Gasteiger partial charge in [-0.15, -0.1) is 0 Å². The van der Waals surface area contributed by atoms with Gasteiger partial charge in [-0.25, -0.2) is 4.79 Å². The first-order valence-electron chi connectivity index (χ1n) is 6.75. The molecule has 0 aromatic carbocycles.